The molecule has 0 unspecified atom stereocenters. The minimum absolute atomic E-state index is 0. The minimum Gasteiger partial charge on any atom is -0.354 e. The number of carbonyl (C=O) groups excluding carboxylic acids is 1. The largest absolute Gasteiger partial charge is 0.354 e. The van der Waals surface area contributed by atoms with Gasteiger partial charge in [0.25, 0.3) is 0 Å². The fourth-order valence-corrected chi connectivity index (χ4v) is 2.62. The zero-order chi connectivity index (χ0) is 16.7. The molecule has 0 bridgehead atoms. The lowest BCUT2D eigenvalue weighted by molar-refractivity contribution is -0.127. The van der Waals surface area contributed by atoms with Crippen molar-refractivity contribution in [3.63, 3.8) is 0 Å². The van der Waals surface area contributed by atoms with Crippen LogP contribution in [-0.4, -0.2) is 53.2 Å². The highest BCUT2D eigenvalue weighted by Gasteiger charge is 2.15. The number of likely N-dealkylation sites (N-methyl/N-ethyl adjacent to an activating group) is 1. The monoisotopic (exact) mass is 448 g/mol. The maximum absolute atomic E-state index is 11.8. The van der Waals surface area contributed by atoms with Gasteiger partial charge in [0.05, 0.1) is 18.8 Å². The molecular formula is C16H29IN6O. The summed E-state index contributed by atoms with van der Waals surface area (Å²) in [6.07, 6.45) is 8.04. The third kappa shape index (κ3) is 7.06. The highest BCUT2D eigenvalue weighted by Crippen LogP contribution is 2.17. The molecule has 0 radical (unpaired) electrons. The van der Waals surface area contributed by atoms with E-state index in [1.807, 2.05) is 19.3 Å². The summed E-state index contributed by atoms with van der Waals surface area (Å²) in [5.74, 6) is 0.721. The molecule has 1 aromatic rings. The van der Waals surface area contributed by atoms with Crippen LogP contribution in [0.4, 0.5) is 0 Å². The average Bonchev–Trinajstić information content (AvgIpc) is 2.96. The van der Waals surface area contributed by atoms with Crippen molar-refractivity contribution in [1.82, 2.24) is 25.3 Å². The summed E-state index contributed by atoms with van der Waals surface area (Å²) >= 11 is 0. The number of hydrogen-bond donors (Lipinski definition) is 2. The van der Waals surface area contributed by atoms with Crippen molar-refractivity contribution < 1.29 is 4.79 Å². The topological polar surface area (TPSA) is 74.5 Å². The van der Waals surface area contributed by atoms with Crippen LogP contribution in [0.3, 0.4) is 0 Å². The van der Waals surface area contributed by atoms with Crippen molar-refractivity contribution in [1.29, 1.82) is 0 Å². The van der Waals surface area contributed by atoms with Crippen LogP contribution < -0.4 is 10.6 Å². The molecule has 2 rings (SSSR count). The van der Waals surface area contributed by atoms with Crippen molar-refractivity contribution >= 4 is 35.8 Å². The van der Waals surface area contributed by atoms with Crippen LogP contribution in [0.2, 0.25) is 0 Å². The molecule has 0 aromatic carbocycles. The molecule has 8 heteroatoms. The number of halogens is 1. The predicted molar refractivity (Wildman–Crippen MR) is 106 cm³/mol. The number of nitrogens with zero attached hydrogens (tertiary/aromatic N) is 4. The number of carbonyl (C=O) groups is 1. The molecule has 1 heterocycles. The van der Waals surface area contributed by atoms with Crippen LogP contribution in [0.5, 0.6) is 0 Å². The smallest absolute Gasteiger partial charge is 0.241 e. The van der Waals surface area contributed by atoms with E-state index in [1.54, 1.807) is 23.7 Å². The van der Waals surface area contributed by atoms with Gasteiger partial charge in [-0.1, -0.05) is 19.3 Å². The lowest BCUT2D eigenvalue weighted by Crippen LogP contribution is -2.47. The molecule has 1 aliphatic rings. The van der Waals surface area contributed by atoms with Crippen LogP contribution in [0, 0.1) is 0 Å². The van der Waals surface area contributed by atoms with Crippen molar-refractivity contribution in [2.45, 2.75) is 44.7 Å². The van der Waals surface area contributed by atoms with E-state index in [2.05, 4.69) is 20.7 Å². The Kier molecular flexibility index (Phi) is 9.09. The number of amides is 1. The van der Waals surface area contributed by atoms with Crippen LogP contribution >= 0.6 is 24.0 Å². The standard InChI is InChI=1S/C16H28N6O.HI/c1-21(2)15(23)12-18-16(19-13-7-5-4-6-8-13)17-11-14-9-10-22(3)20-14;/h9-10,13H,4-8,11-12H2,1-3H3,(H2,17,18,19);1H. The first-order valence-corrected chi connectivity index (χ1v) is 8.28. The lowest BCUT2D eigenvalue weighted by Gasteiger charge is -2.25. The molecule has 0 saturated heterocycles. The van der Waals surface area contributed by atoms with Gasteiger partial charge in [-0.25, -0.2) is 4.99 Å². The van der Waals surface area contributed by atoms with Crippen molar-refractivity contribution in [3.05, 3.63) is 18.0 Å². The van der Waals surface area contributed by atoms with E-state index in [4.69, 9.17) is 0 Å². The first-order valence-electron chi connectivity index (χ1n) is 8.28. The molecule has 0 spiro atoms. The Balaban J connectivity index is 0.00000288. The summed E-state index contributed by atoms with van der Waals surface area (Å²) < 4.78 is 1.77. The number of aliphatic imine (C=N–C) groups is 1. The van der Waals surface area contributed by atoms with Gasteiger partial charge in [-0.3, -0.25) is 9.48 Å². The van der Waals surface area contributed by atoms with Gasteiger partial charge in [0.1, 0.15) is 0 Å². The Bertz CT molecular complexity index is 536. The molecule has 0 atom stereocenters. The Morgan fingerprint density at radius 1 is 1.38 bits per heavy atom. The first kappa shape index (κ1) is 20.7. The quantitative estimate of drug-likeness (QED) is 0.407. The van der Waals surface area contributed by atoms with Gasteiger partial charge in [0.15, 0.2) is 5.96 Å². The number of hydrogen-bond acceptors (Lipinski definition) is 3. The summed E-state index contributed by atoms with van der Waals surface area (Å²) in [4.78, 5) is 17.9. The average molecular weight is 448 g/mol. The fraction of sp³-hybridized carbons (Fsp3) is 0.688. The van der Waals surface area contributed by atoms with Gasteiger partial charge in [0, 0.05) is 33.4 Å². The molecular weight excluding hydrogens is 419 g/mol. The van der Waals surface area contributed by atoms with Crippen LogP contribution in [0.15, 0.2) is 17.3 Å². The van der Waals surface area contributed by atoms with Crippen molar-refractivity contribution in [2.24, 2.45) is 12.0 Å². The van der Waals surface area contributed by atoms with E-state index in [0.29, 0.717) is 18.5 Å². The van der Waals surface area contributed by atoms with Gasteiger partial charge in [-0.2, -0.15) is 5.10 Å². The maximum atomic E-state index is 11.8. The predicted octanol–water partition coefficient (Wildman–Crippen LogP) is 1.49. The van der Waals surface area contributed by atoms with Crippen molar-refractivity contribution in [2.75, 3.05) is 20.6 Å². The Hall–Kier alpha value is -1.32. The molecule has 2 N–H and O–H groups in total. The second-order valence-corrected chi connectivity index (χ2v) is 6.27. The summed E-state index contributed by atoms with van der Waals surface area (Å²) in [7, 11) is 5.40. The molecule has 1 amide bonds. The molecule has 0 aliphatic heterocycles. The number of aromatic nitrogens is 2. The Morgan fingerprint density at radius 3 is 2.67 bits per heavy atom. The number of rotatable bonds is 5. The molecule has 136 valence electrons. The van der Waals surface area contributed by atoms with E-state index >= 15 is 0 Å². The van der Waals surface area contributed by atoms with Gasteiger partial charge < -0.3 is 15.5 Å². The van der Waals surface area contributed by atoms with E-state index in [-0.39, 0.29) is 36.4 Å². The zero-order valence-electron chi connectivity index (χ0n) is 14.8. The van der Waals surface area contributed by atoms with E-state index < -0.39 is 0 Å². The number of nitrogens with one attached hydrogen (secondary N) is 2. The summed E-state index contributed by atoms with van der Waals surface area (Å²) in [6, 6.07) is 2.39. The zero-order valence-corrected chi connectivity index (χ0v) is 17.1. The maximum Gasteiger partial charge on any atom is 0.241 e. The Morgan fingerprint density at radius 2 is 2.08 bits per heavy atom. The summed E-state index contributed by atoms with van der Waals surface area (Å²) in [5, 5.41) is 10.9. The highest BCUT2D eigenvalue weighted by atomic mass is 127. The van der Waals surface area contributed by atoms with E-state index in [9.17, 15) is 4.79 Å². The van der Waals surface area contributed by atoms with Crippen molar-refractivity contribution in [3.8, 4) is 0 Å². The lowest BCUT2D eigenvalue weighted by atomic mass is 9.96. The number of aryl methyl sites for hydroxylation is 1. The third-order valence-electron chi connectivity index (χ3n) is 4.02. The molecule has 1 aromatic heterocycles. The first-order chi connectivity index (χ1) is 11.0. The van der Waals surface area contributed by atoms with E-state index in [1.165, 1.54) is 19.3 Å². The highest BCUT2D eigenvalue weighted by molar-refractivity contribution is 14.0. The SMILES string of the molecule is CN(C)C(=O)CNC(=NCc1ccn(C)n1)NC1CCCCC1.I. The summed E-state index contributed by atoms with van der Waals surface area (Å²) in [5.41, 5.74) is 0.913. The summed E-state index contributed by atoms with van der Waals surface area (Å²) in [6.45, 7) is 0.743. The Labute approximate surface area is 161 Å². The molecule has 1 aliphatic carbocycles. The number of guanidine groups is 1. The van der Waals surface area contributed by atoms with Gasteiger partial charge in [-0.15, -0.1) is 24.0 Å². The third-order valence-corrected chi connectivity index (χ3v) is 4.02. The molecule has 1 saturated carbocycles. The second kappa shape index (κ2) is 10.5. The second-order valence-electron chi connectivity index (χ2n) is 6.27. The van der Waals surface area contributed by atoms with Crippen LogP contribution in [0.1, 0.15) is 37.8 Å². The molecule has 1 fully saturated rings. The molecule has 7 nitrogen and oxygen atoms in total. The van der Waals surface area contributed by atoms with Gasteiger partial charge >= 0.3 is 0 Å². The van der Waals surface area contributed by atoms with Crippen LogP contribution in [0.25, 0.3) is 0 Å². The molecule has 24 heavy (non-hydrogen) atoms. The fourth-order valence-electron chi connectivity index (χ4n) is 2.62. The minimum atomic E-state index is 0. The van der Waals surface area contributed by atoms with E-state index in [0.717, 1.165) is 18.5 Å². The van der Waals surface area contributed by atoms with Crippen LogP contribution in [-0.2, 0) is 18.4 Å². The van der Waals surface area contributed by atoms with Gasteiger partial charge in [0.2, 0.25) is 5.91 Å². The normalized spacial score (nSPS) is 15.5. The van der Waals surface area contributed by atoms with Gasteiger partial charge in [-0.05, 0) is 18.9 Å².